The molecule has 0 aliphatic carbocycles. The Morgan fingerprint density at radius 1 is 0.800 bits per heavy atom. The normalized spacial score (nSPS) is 12.1. The number of ether oxygens (including phenoxy) is 1. The van der Waals surface area contributed by atoms with Gasteiger partial charge in [-0.05, 0) is 70.2 Å². The highest BCUT2D eigenvalue weighted by Crippen LogP contribution is 2.55. The summed E-state index contributed by atoms with van der Waals surface area (Å²) in [4.78, 5) is 12.3. The molecule has 0 unspecified atom stereocenters. The molecule has 0 aromatic heterocycles. The number of esters is 1. The fraction of sp³-hybridized carbons (Fsp3) is 0.222. The van der Waals surface area contributed by atoms with Gasteiger partial charge in [0.1, 0.15) is 28.8 Å². The number of carbonyl (C=O) groups excluding carboxylic acids is 1. The van der Waals surface area contributed by atoms with Crippen LogP contribution in [0.25, 0.3) is 0 Å². The van der Waals surface area contributed by atoms with E-state index in [2.05, 4.69) is 91.9 Å². The van der Waals surface area contributed by atoms with Gasteiger partial charge in [-0.3, -0.25) is 0 Å². The van der Waals surface area contributed by atoms with Crippen LogP contribution in [0.15, 0.2) is 97.1 Å². The smallest absolute Gasteiger partial charge is 0.331 e. The second kappa shape index (κ2) is 9.41. The van der Waals surface area contributed by atoms with E-state index in [-0.39, 0.29) is 5.97 Å². The summed E-state index contributed by atoms with van der Waals surface area (Å²) in [6.45, 7) is 7.76. The lowest BCUT2D eigenvalue weighted by Crippen LogP contribution is -2.33. The number of hydrogen-bond acceptors (Lipinski definition) is 2. The summed E-state index contributed by atoms with van der Waals surface area (Å²) in [5, 5.41) is 3.90. The fourth-order valence-electron chi connectivity index (χ4n) is 3.57. The first-order chi connectivity index (χ1) is 14.3. The molecular formula is C27H30O2P+. The molecule has 154 valence electrons. The van der Waals surface area contributed by atoms with Crippen LogP contribution in [0.5, 0.6) is 0 Å². The molecule has 0 aliphatic heterocycles. The first kappa shape index (κ1) is 22.0. The third kappa shape index (κ3) is 5.26. The van der Waals surface area contributed by atoms with Crippen molar-refractivity contribution >= 4 is 29.1 Å². The zero-order valence-corrected chi connectivity index (χ0v) is 19.1. The maximum absolute atomic E-state index is 12.3. The van der Waals surface area contributed by atoms with Crippen LogP contribution in [0, 0.1) is 6.92 Å². The zero-order chi connectivity index (χ0) is 21.6. The van der Waals surface area contributed by atoms with Crippen LogP contribution in [0.4, 0.5) is 0 Å². The molecule has 0 amide bonds. The first-order valence-corrected chi connectivity index (χ1v) is 12.2. The lowest BCUT2D eigenvalue weighted by molar-refractivity contribution is -0.148. The van der Waals surface area contributed by atoms with Crippen molar-refractivity contribution in [1.82, 2.24) is 0 Å². The molecule has 3 aromatic carbocycles. The summed E-state index contributed by atoms with van der Waals surface area (Å²) in [5.41, 5.74) is 0.742. The summed E-state index contributed by atoms with van der Waals surface area (Å²) >= 11 is 0. The van der Waals surface area contributed by atoms with Crippen molar-refractivity contribution in [2.45, 2.75) is 33.3 Å². The van der Waals surface area contributed by atoms with Gasteiger partial charge in [0.05, 0.1) is 6.16 Å². The van der Waals surface area contributed by atoms with E-state index in [0.29, 0.717) is 0 Å². The topological polar surface area (TPSA) is 26.3 Å². The molecule has 0 saturated carbocycles. The van der Waals surface area contributed by atoms with Crippen molar-refractivity contribution in [3.05, 3.63) is 103 Å². The predicted molar refractivity (Wildman–Crippen MR) is 130 cm³/mol. The van der Waals surface area contributed by atoms with E-state index in [1.54, 1.807) is 6.08 Å². The molecule has 0 aliphatic rings. The van der Waals surface area contributed by atoms with Crippen molar-refractivity contribution in [3.8, 4) is 0 Å². The van der Waals surface area contributed by atoms with Gasteiger partial charge in [-0.25, -0.2) is 4.79 Å². The second-order valence-corrected chi connectivity index (χ2v) is 12.0. The van der Waals surface area contributed by atoms with Gasteiger partial charge in [0.15, 0.2) is 0 Å². The minimum Gasteiger partial charge on any atom is -0.457 e. The van der Waals surface area contributed by atoms with Crippen LogP contribution >= 0.6 is 7.26 Å². The number of aryl methyl sites for hydroxylation is 1. The van der Waals surface area contributed by atoms with Crippen LogP contribution in [0.2, 0.25) is 0 Å². The number of hydrogen-bond donors (Lipinski definition) is 0. The Bertz CT molecular complexity index is 945. The van der Waals surface area contributed by atoms with Crippen molar-refractivity contribution in [2.24, 2.45) is 0 Å². The van der Waals surface area contributed by atoms with Crippen LogP contribution in [0.3, 0.4) is 0 Å². The van der Waals surface area contributed by atoms with Gasteiger partial charge in [0, 0.05) is 6.08 Å². The lowest BCUT2D eigenvalue weighted by Gasteiger charge is -2.26. The summed E-state index contributed by atoms with van der Waals surface area (Å²) in [7, 11) is -1.98. The van der Waals surface area contributed by atoms with Crippen LogP contribution in [-0.4, -0.2) is 17.7 Å². The minimum absolute atomic E-state index is 0.300. The Morgan fingerprint density at radius 3 is 1.73 bits per heavy atom. The van der Waals surface area contributed by atoms with E-state index in [9.17, 15) is 4.79 Å². The van der Waals surface area contributed by atoms with Crippen LogP contribution in [-0.2, 0) is 9.53 Å². The minimum atomic E-state index is -1.98. The highest BCUT2D eigenvalue weighted by Gasteiger charge is 2.44. The van der Waals surface area contributed by atoms with E-state index in [0.717, 1.165) is 6.16 Å². The zero-order valence-electron chi connectivity index (χ0n) is 18.2. The number of rotatable bonds is 6. The fourth-order valence-corrected chi connectivity index (χ4v) is 7.54. The number of carbonyl (C=O) groups is 1. The van der Waals surface area contributed by atoms with Crippen molar-refractivity contribution in [1.29, 1.82) is 0 Å². The number of allylic oxidation sites excluding steroid dienone is 1. The molecule has 3 heteroatoms. The molecule has 30 heavy (non-hydrogen) atoms. The van der Waals surface area contributed by atoms with E-state index in [1.807, 2.05) is 26.8 Å². The van der Waals surface area contributed by atoms with E-state index in [1.165, 1.54) is 21.5 Å². The lowest BCUT2D eigenvalue weighted by atomic mass is 10.2. The SMILES string of the molecule is Cc1ccc([P+](C/C=C/C(=O)OC(C)(C)C)(c2ccccc2)c2ccccc2)cc1. The maximum atomic E-state index is 12.3. The van der Waals surface area contributed by atoms with Crippen molar-refractivity contribution in [2.75, 3.05) is 6.16 Å². The van der Waals surface area contributed by atoms with E-state index in [4.69, 9.17) is 4.74 Å². The van der Waals surface area contributed by atoms with E-state index >= 15 is 0 Å². The van der Waals surface area contributed by atoms with Crippen LogP contribution < -0.4 is 15.9 Å². The molecule has 3 aromatic rings. The second-order valence-electron chi connectivity index (χ2n) is 8.43. The molecule has 0 bridgehead atoms. The Labute approximate surface area is 181 Å². The molecule has 0 fully saturated rings. The first-order valence-electron chi connectivity index (χ1n) is 10.3. The maximum Gasteiger partial charge on any atom is 0.331 e. The molecular weight excluding hydrogens is 387 g/mol. The highest BCUT2D eigenvalue weighted by atomic mass is 31.2. The molecule has 0 saturated heterocycles. The van der Waals surface area contributed by atoms with Gasteiger partial charge in [0.2, 0.25) is 0 Å². The molecule has 0 spiro atoms. The Balaban J connectivity index is 2.11. The molecule has 3 rings (SSSR count). The van der Waals surface area contributed by atoms with Crippen LogP contribution in [0.1, 0.15) is 26.3 Å². The predicted octanol–water partition coefficient (Wildman–Crippen LogP) is 5.19. The average Bonchev–Trinajstić information content (AvgIpc) is 2.72. The summed E-state index contributed by atoms with van der Waals surface area (Å²) in [6.07, 6.45) is 4.32. The van der Waals surface area contributed by atoms with Gasteiger partial charge in [-0.1, -0.05) is 54.1 Å². The van der Waals surface area contributed by atoms with Gasteiger partial charge in [-0.2, -0.15) is 0 Å². The molecule has 0 N–H and O–H groups in total. The molecule has 2 nitrogen and oxygen atoms in total. The number of benzene rings is 3. The van der Waals surface area contributed by atoms with Crippen molar-refractivity contribution < 1.29 is 9.53 Å². The van der Waals surface area contributed by atoms with E-state index < -0.39 is 12.9 Å². The van der Waals surface area contributed by atoms with Crippen molar-refractivity contribution in [3.63, 3.8) is 0 Å². The standard InChI is InChI=1S/C27H30O2P/c1-22-17-19-25(20-18-22)30(23-12-7-5-8-13-23,24-14-9-6-10-15-24)21-11-16-26(28)29-27(2,3)4/h5-20H,21H2,1-4H3/q+1/b16-11+. The third-order valence-electron chi connectivity index (χ3n) is 4.91. The van der Waals surface area contributed by atoms with Gasteiger partial charge in [0.25, 0.3) is 0 Å². The Kier molecular flexibility index (Phi) is 6.90. The van der Waals surface area contributed by atoms with Gasteiger partial charge >= 0.3 is 5.97 Å². The largest absolute Gasteiger partial charge is 0.457 e. The summed E-state index contributed by atoms with van der Waals surface area (Å²) in [6, 6.07) is 30.2. The Hall–Kier alpha value is -2.70. The average molecular weight is 418 g/mol. The monoisotopic (exact) mass is 417 g/mol. The Morgan fingerprint density at radius 2 is 1.27 bits per heavy atom. The molecule has 0 heterocycles. The quantitative estimate of drug-likeness (QED) is 0.314. The third-order valence-corrected chi connectivity index (χ3v) is 9.21. The van der Waals surface area contributed by atoms with Gasteiger partial charge < -0.3 is 4.74 Å². The van der Waals surface area contributed by atoms with Gasteiger partial charge in [-0.15, -0.1) is 0 Å². The summed E-state index contributed by atoms with van der Waals surface area (Å²) in [5.74, 6) is -0.300. The molecule has 0 atom stereocenters. The molecule has 0 radical (unpaired) electrons. The summed E-state index contributed by atoms with van der Waals surface area (Å²) < 4.78 is 5.47. The highest BCUT2D eigenvalue weighted by molar-refractivity contribution is 7.95.